The second-order valence-electron chi connectivity index (χ2n) is 13.9. The third-order valence-electron chi connectivity index (χ3n) is 9.07. The lowest BCUT2D eigenvalue weighted by molar-refractivity contribution is -0.103. The zero-order valence-electron chi connectivity index (χ0n) is 33.2. The smallest absolute Gasteiger partial charge is 0.0886 e. The minimum absolute atomic E-state index is 0.00694. The second-order valence-corrected chi connectivity index (χ2v) is 13.9. The first kappa shape index (κ1) is 48.7. The molecular weight excluding hydrogens is 604 g/mol. The SMILES string of the molecule is CCOC(C)C(C)OC.COC(C)C(C)OC.COCC1(C)CCCCO1.COCC1(C)CCCOC1.COCC1(C)CCOCC1. The van der Waals surface area contributed by atoms with Gasteiger partial charge in [0.25, 0.3) is 0 Å². The lowest BCUT2D eigenvalue weighted by Gasteiger charge is -2.32. The summed E-state index contributed by atoms with van der Waals surface area (Å²) in [5, 5.41) is 0. The number of ether oxygens (including phenoxy) is 10. The maximum Gasteiger partial charge on any atom is 0.0886 e. The van der Waals surface area contributed by atoms with E-state index >= 15 is 0 Å². The first-order valence-corrected chi connectivity index (χ1v) is 17.7. The van der Waals surface area contributed by atoms with Crippen molar-refractivity contribution in [1.29, 1.82) is 0 Å². The van der Waals surface area contributed by atoms with Gasteiger partial charge in [0, 0.05) is 81.1 Å². The van der Waals surface area contributed by atoms with Gasteiger partial charge in [-0.05, 0) is 91.9 Å². The Bertz CT molecular complexity index is 575. The maximum absolute atomic E-state index is 5.58. The third-order valence-corrected chi connectivity index (χ3v) is 9.07. The van der Waals surface area contributed by atoms with Crippen LogP contribution >= 0.6 is 0 Å². The number of hydrogen-bond donors (Lipinski definition) is 0. The van der Waals surface area contributed by atoms with Gasteiger partial charge in [0.05, 0.1) is 56.4 Å². The molecule has 6 atom stereocenters. The Labute approximate surface area is 290 Å². The summed E-state index contributed by atoms with van der Waals surface area (Å²) in [6.45, 7) is 24.2. The van der Waals surface area contributed by atoms with Crippen molar-refractivity contribution in [3.05, 3.63) is 0 Å². The average Bonchev–Trinajstić information content (AvgIpc) is 3.06. The van der Waals surface area contributed by atoms with Gasteiger partial charge in [0.15, 0.2) is 0 Å². The van der Waals surface area contributed by atoms with Crippen LogP contribution in [0.2, 0.25) is 0 Å². The summed E-state index contributed by atoms with van der Waals surface area (Å²) < 4.78 is 51.8. The van der Waals surface area contributed by atoms with Crippen molar-refractivity contribution in [2.45, 2.75) is 130 Å². The van der Waals surface area contributed by atoms with Gasteiger partial charge in [-0.3, -0.25) is 0 Å². The fraction of sp³-hybridized carbons (Fsp3) is 1.00. The van der Waals surface area contributed by atoms with Gasteiger partial charge in [-0.15, -0.1) is 0 Å². The summed E-state index contributed by atoms with van der Waals surface area (Å²) >= 11 is 0. The minimum atomic E-state index is 0.00694. The van der Waals surface area contributed by atoms with Gasteiger partial charge in [-0.25, -0.2) is 0 Å². The monoisotopic (exact) mass is 683 g/mol. The van der Waals surface area contributed by atoms with E-state index < -0.39 is 0 Å². The molecule has 0 N–H and O–H groups in total. The Morgan fingerprint density at radius 3 is 1.45 bits per heavy atom. The number of methoxy groups -OCH3 is 6. The molecule has 0 spiro atoms. The third kappa shape index (κ3) is 25.2. The van der Waals surface area contributed by atoms with Crippen LogP contribution in [0.3, 0.4) is 0 Å². The number of rotatable bonds is 13. The topological polar surface area (TPSA) is 92.3 Å². The van der Waals surface area contributed by atoms with Crippen LogP contribution in [-0.2, 0) is 47.4 Å². The van der Waals surface area contributed by atoms with E-state index in [0.29, 0.717) is 5.41 Å². The van der Waals surface area contributed by atoms with Crippen LogP contribution in [0.25, 0.3) is 0 Å². The van der Waals surface area contributed by atoms with Crippen LogP contribution in [0, 0.1) is 10.8 Å². The van der Waals surface area contributed by atoms with Crippen molar-refractivity contribution in [2.24, 2.45) is 10.8 Å². The Morgan fingerprint density at radius 1 is 0.532 bits per heavy atom. The molecular formula is C37H78O10. The summed E-state index contributed by atoms with van der Waals surface area (Å²) in [4.78, 5) is 0. The van der Waals surface area contributed by atoms with Crippen LogP contribution in [0.15, 0.2) is 0 Å². The average molecular weight is 683 g/mol. The molecule has 0 amide bonds. The van der Waals surface area contributed by atoms with Crippen LogP contribution in [0.5, 0.6) is 0 Å². The maximum atomic E-state index is 5.58. The molecule has 3 rings (SSSR count). The minimum Gasteiger partial charge on any atom is -0.384 e. The molecule has 3 heterocycles. The Kier molecular flexibility index (Phi) is 30.4. The van der Waals surface area contributed by atoms with Gasteiger partial charge in [-0.2, -0.15) is 0 Å². The molecule has 0 aromatic carbocycles. The fourth-order valence-electron chi connectivity index (χ4n) is 5.20. The van der Waals surface area contributed by atoms with E-state index in [4.69, 9.17) is 47.4 Å². The van der Waals surface area contributed by atoms with Crippen molar-refractivity contribution in [2.75, 3.05) is 102 Å². The summed E-state index contributed by atoms with van der Waals surface area (Å²) in [6, 6.07) is 0. The van der Waals surface area contributed by atoms with Gasteiger partial charge < -0.3 is 47.4 Å². The zero-order chi connectivity index (χ0) is 36.2. The zero-order valence-corrected chi connectivity index (χ0v) is 33.2. The van der Waals surface area contributed by atoms with E-state index in [2.05, 4.69) is 20.8 Å². The molecule has 3 aliphatic rings. The highest BCUT2D eigenvalue weighted by Crippen LogP contribution is 2.29. The van der Waals surface area contributed by atoms with Gasteiger partial charge in [-0.1, -0.05) is 13.8 Å². The molecule has 6 unspecified atom stereocenters. The van der Waals surface area contributed by atoms with E-state index in [9.17, 15) is 0 Å². The summed E-state index contributed by atoms with van der Waals surface area (Å²) in [5.74, 6) is 0. The molecule has 3 saturated heterocycles. The quantitative estimate of drug-likeness (QED) is 0.202. The van der Waals surface area contributed by atoms with Crippen LogP contribution < -0.4 is 0 Å². The highest BCUT2D eigenvalue weighted by atomic mass is 16.5. The Morgan fingerprint density at radius 2 is 1.04 bits per heavy atom. The van der Waals surface area contributed by atoms with Crippen molar-refractivity contribution in [3.8, 4) is 0 Å². The van der Waals surface area contributed by atoms with Crippen LogP contribution in [-0.4, -0.2) is 132 Å². The molecule has 0 aliphatic carbocycles. The van der Waals surface area contributed by atoms with Gasteiger partial charge in [0.2, 0.25) is 0 Å². The molecule has 0 saturated carbocycles. The highest BCUT2D eigenvalue weighted by molar-refractivity contribution is 4.78. The van der Waals surface area contributed by atoms with Gasteiger partial charge in [0.1, 0.15) is 0 Å². The van der Waals surface area contributed by atoms with Crippen LogP contribution in [0.1, 0.15) is 100 Å². The Hall–Kier alpha value is -0.400. The lowest BCUT2D eigenvalue weighted by Crippen LogP contribution is -2.37. The van der Waals surface area contributed by atoms with Crippen molar-refractivity contribution in [3.63, 3.8) is 0 Å². The summed E-state index contributed by atoms with van der Waals surface area (Å²) in [6.07, 6.45) is 9.12. The molecule has 0 aromatic heterocycles. The largest absolute Gasteiger partial charge is 0.384 e. The highest BCUT2D eigenvalue weighted by Gasteiger charge is 2.28. The summed E-state index contributed by atoms with van der Waals surface area (Å²) in [5.41, 5.74) is 0.674. The molecule has 3 aliphatic heterocycles. The molecule has 47 heavy (non-hydrogen) atoms. The predicted octanol–water partition coefficient (Wildman–Crippen LogP) is 6.99. The first-order chi connectivity index (χ1) is 22.2. The molecule has 10 heteroatoms. The van der Waals surface area contributed by atoms with E-state index in [1.165, 1.54) is 25.7 Å². The molecule has 0 bridgehead atoms. The van der Waals surface area contributed by atoms with E-state index in [1.807, 2.05) is 34.6 Å². The van der Waals surface area contributed by atoms with Gasteiger partial charge >= 0.3 is 0 Å². The number of hydrogen-bond acceptors (Lipinski definition) is 10. The molecule has 0 aromatic rings. The van der Waals surface area contributed by atoms with Crippen molar-refractivity contribution < 1.29 is 47.4 Å². The van der Waals surface area contributed by atoms with Crippen molar-refractivity contribution in [1.82, 2.24) is 0 Å². The normalized spacial score (nSPS) is 26.2. The predicted molar refractivity (Wildman–Crippen MR) is 191 cm³/mol. The second kappa shape index (κ2) is 29.3. The fourth-order valence-corrected chi connectivity index (χ4v) is 5.20. The first-order valence-electron chi connectivity index (χ1n) is 17.7. The van der Waals surface area contributed by atoms with E-state index in [-0.39, 0.29) is 35.4 Å². The lowest BCUT2D eigenvalue weighted by atomic mass is 9.83. The van der Waals surface area contributed by atoms with Crippen LogP contribution in [0.4, 0.5) is 0 Å². The molecule has 0 radical (unpaired) electrons. The van der Waals surface area contributed by atoms with Crippen molar-refractivity contribution >= 4 is 0 Å². The molecule has 286 valence electrons. The Balaban J connectivity index is 0. The van der Waals surface area contributed by atoms with E-state index in [0.717, 1.165) is 78.7 Å². The standard InChI is InChI=1S/3C8H16O2.C7H16O2.C6H14O2/c1-8(7-9-2)3-5-10-6-4-8;1-8(6-9-2)4-3-5-10-7-8;1-8(7-9-2)5-3-4-6-10-8;1-5-9-7(3)6(2)8-4;1-5(7-3)6(2)8-4/h3*3-7H2,1-2H3;6-7H,5H2,1-4H3;5-6H,1-4H3. The summed E-state index contributed by atoms with van der Waals surface area (Å²) in [7, 11) is 10.3. The molecule has 3 fully saturated rings. The van der Waals surface area contributed by atoms with E-state index in [1.54, 1.807) is 42.7 Å². The molecule has 10 nitrogen and oxygen atoms in total.